The van der Waals surface area contributed by atoms with Gasteiger partial charge >= 0.3 is 0 Å². The minimum absolute atomic E-state index is 0.149. The highest BCUT2D eigenvalue weighted by molar-refractivity contribution is 5.96. The molecule has 4 rings (SSSR count). The van der Waals surface area contributed by atoms with E-state index in [1.165, 1.54) is 0 Å². The topological polar surface area (TPSA) is 45.2 Å². The molecule has 0 spiro atoms. The summed E-state index contributed by atoms with van der Waals surface area (Å²) >= 11 is 0. The SMILES string of the molecule is Cc1nc(-c2ccccc2)ccc1C(=O)N1C2CCNCC1CC2. The first kappa shape index (κ1) is 15.3. The molecule has 2 aliphatic heterocycles. The van der Waals surface area contributed by atoms with Crippen LogP contribution in [0.3, 0.4) is 0 Å². The fourth-order valence-electron chi connectivity index (χ4n) is 4.01. The molecule has 1 aromatic carbocycles. The summed E-state index contributed by atoms with van der Waals surface area (Å²) in [4.78, 5) is 19.9. The summed E-state index contributed by atoms with van der Waals surface area (Å²) in [5.41, 5.74) is 3.57. The second-order valence-electron chi connectivity index (χ2n) is 6.79. The molecule has 0 radical (unpaired) electrons. The number of pyridine rings is 1. The van der Waals surface area contributed by atoms with Gasteiger partial charge in [0.05, 0.1) is 17.0 Å². The molecule has 1 amide bonds. The molecule has 24 heavy (non-hydrogen) atoms. The Hall–Kier alpha value is -2.20. The van der Waals surface area contributed by atoms with Gasteiger partial charge in [0.2, 0.25) is 0 Å². The average molecular weight is 321 g/mol. The first-order valence-corrected chi connectivity index (χ1v) is 8.80. The van der Waals surface area contributed by atoms with Crippen molar-refractivity contribution in [3.8, 4) is 11.3 Å². The van der Waals surface area contributed by atoms with Crippen molar-refractivity contribution in [2.24, 2.45) is 0 Å². The van der Waals surface area contributed by atoms with Crippen LogP contribution < -0.4 is 5.32 Å². The minimum Gasteiger partial charge on any atom is -0.331 e. The fourth-order valence-corrected chi connectivity index (χ4v) is 4.01. The standard InChI is InChI=1S/C20H23N3O/c1-14-18(9-10-19(22-14)15-5-3-2-4-6-15)20(24)23-16-7-8-17(23)13-21-12-11-16/h2-6,9-10,16-17,21H,7-8,11-13H2,1H3. The molecule has 0 aliphatic carbocycles. The van der Waals surface area contributed by atoms with Gasteiger partial charge in [-0.05, 0) is 44.9 Å². The summed E-state index contributed by atoms with van der Waals surface area (Å²) < 4.78 is 0. The van der Waals surface area contributed by atoms with Crippen molar-refractivity contribution in [3.05, 3.63) is 53.7 Å². The van der Waals surface area contributed by atoms with Crippen LogP contribution in [0, 0.1) is 6.92 Å². The average Bonchev–Trinajstić information content (AvgIpc) is 2.88. The van der Waals surface area contributed by atoms with E-state index >= 15 is 0 Å². The van der Waals surface area contributed by atoms with Gasteiger partial charge in [0.25, 0.3) is 5.91 Å². The van der Waals surface area contributed by atoms with Gasteiger partial charge in [-0.1, -0.05) is 30.3 Å². The van der Waals surface area contributed by atoms with E-state index in [4.69, 9.17) is 4.98 Å². The van der Waals surface area contributed by atoms with Crippen LogP contribution in [0.1, 0.15) is 35.3 Å². The zero-order valence-corrected chi connectivity index (χ0v) is 14.0. The van der Waals surface area contributed by atoms with Crippen LogP contribution >= 0.6 is 0 Å². The number of carbonyl (C=O) groups excluding carboxylic acids is 1. The highest BCUT2D eigenvalue weighted by Crippen LogP contribution is 2.30. The maximum Gasteiger partial charge on any atom is 0.256 e. The lowest BCUT2D eigenvalue weighted by Gasteiger charge is -2.28. The van der Waals surface area contributed by atoms with Gasteiger partial charge in [0, 0.05) is 24.2 Å². The lowest BCUT2D eigenvalue weighted by atomic mass is 10.1. The zero-order chi connectivity index (χ0) is 16.5. The summed E-state index contributed by atoms with van der Waals surface area (Å²) in [6.45, 7) is 3.86. The predicted octanol–water partition coefficient (Wildman–Crippen LogP) is 3.02. The summed E-state index contributed by atoms with van der Waals surface area (Å²) in [5.74, 6) is 0.149. The second-order valence-corrected chi connectivity index (χ2v) is 6.79. The molecule has 3 heterocycles. The van der Waals surface area contributed by atoms with E-state index in [1.54, 1.807) is 0 Å². The Kier molecular flexibility index (Phi) is 4.07. The Balaban J connectivity index is 1.63. The number of benzene rings is 1. The van der Waals surface area contributed by atoms with E-state index in [1.807, 2.05) is 49.4 Å². The van der Waals surface area contributed by atoms with Crippen molar-refractivity contribution in [1.29, 1.82) is 0 Å². The third-order valence-electron chi connectivity index (χ3n) is 5.27. The molecule has 4 nitrogen and oxygen atoms in total. The first-order chi connectivity index (χ1) is 11.7. The molecule has 2 bridgehead atoms. The molecule has 2 atom stereocenters. The number of aryl methyl sites for hydroxylation is 1. The van der Waals surface area contributed by atoms with Gasteiger partial charge in [-0.15, -0.1) is 0 Å². The number of fused-ring (bicyclic) bond motifs is 2. The number of rotatable bonds is 2. The van der Waals surface area contributed by atoms with Crippen LogP contribution in [-0.4, -0.2) is 41.0 Å². The first-order valence-electron chi connectivity index (χ1n) is 8.80. The van der Waals surface area contributed by atoms with E-state index in [0.29, 0.717) is 12.1 Å². The number of amides is 1. The number of aromatic nitrogens is 1. The third kappa shape index (κ3) is 2.71. The van der Waals surface area contributed by atoms with Crippen molar-refractivity contribution in [2.45, 2.75) is 38.3 Å². The summed E-state index contributed by atoms with van der Waals surface area (Å²) in [5, 5.41) is 3.45. The Morgan fingerprint density at radius 1 is 1.08 bits per heavy atom. The van der Waals surface area contributed by atoms with Crippen molar-refractivity contribution in [1.82, 2.24) is 15.2 Å². The van der Waals surface area contributed by atoms with Crippen LogP contribution in [0.15, 0.2) is 42.5 Å². The maximum absolute atomic E-state index is 13.1. The Labute approximate surface area is 142 Å². The fraction of sp³-hybridized carbons (Fsp3) is 0.400. The quantitative estimate of drug-likeness (QED) is 0.925. The van der Waals surface area contributed by atoms with Gasteiger partial charge in [0.15, 0.2) is 0 Å². The molecule has 2 unspecified atom stereocenters. The van der Waals surface area contributed by atoms with Crippen LogP contribution in [0.25, 0.3) is 11.3 Å². The number of hydrogen-bond acceptors (Lipinski definition) is 3. The van der Waals surface area contributed by atoms with Gasteiger partial charge in [0.1, 0.15) is 0 Å². The van der Waals surface area contributed by atoms with Gasteiger partial charge in [-0.2, -0.15) is 0 Å². The molecular weight excluding hydrogens is 298 g/mol. The molecule has 2 aromatic rings. The summed E-state index contributed by atoms with van der Waals surface area (Å²) in [7, 11) is 0. The minimum atomic E-state index is 0.149. The van der Waals surface area contributed by atoms with Crippen LogP contribution in [0.2, 0.25) is 0 Å². The molecule has 2 saturated heterocycles. The smallest absolute Gasteiger partial charge is 0.256 e. The molecular formula is C20H23N3O. The van der Waals surface area contributed by atoms with Crippen molar-refractivity contribution in [2.75, 3.05) is 13.1 Å². The van der Waals surface area contributed by atoms with Crippen molar-refractivity contribution >= 4 is 5.91 Å². The Morgan fingerprint density at radius 2 is 1.88 bits per heavy atom. The lowest BCUT2D eigenvalue weighted by Crippen LogP contribution is -2.42. The molecule has 2 aliphatic rings. The second kappa shape index (κ2) is 6.36. The van der Waals surface area contributed by atoms with Crippen LogP contribution in [0.5, 0.6) is 0 Å². The van der Waals surface area contributed by atoms with Crippen molar-refractivity contribution < 1.29 is 4.79 Å². The van der Waals surface area contributed by atoms with Gasteiger partial charge in [-0.25, -0.2) is 0 Å². The Morgan fingerprint density at radius 3 is 2.67 bits per heavy atom. The zero-order valence-electron chi connectivity index (χ0n) is 14.0. The monoisotopic (exact) mass is 321 g/mol. The van der Waals surface area contributed by atoms with E-state index < -0.39 is 0 Å². The largest absolute Gasteiger partial charge is 0.331 e. The van der Waals surface area contributed by atoms with E-state index in [0.717, 1.165) is 54.9 Å². The normalized spacial score (nSPS) is 23.1. The van der Waals surface area contributed by atoms with Crippen LogP contribution in [0.4, 0.5) is 0 Å². The Bertz CT molecular complexity index is 730. The molecule has 0 saturated carbocycles. The highest BCUT2D eigenvalue weighted by atomic mass is 16.2. The van der Waals surface area contributed by atoms with E-state index in [9.17, 15) is 4.79 Å². The number of carbonyl (C=O) groups is 1. The summed E-state index contributed by atoms with van der Waals surface area (Å²) in [6.07, 6.45) is 3.29. The van der Waals surface area contributed by atoms with Gasteiger partial charge < -0.3 is 10.2 Å². The van der Waals surface area contributed by atoms with Crippen LogP contribution in [-0.2, 0) is 0 Å². The van der Waals surface area contributed by atoms with Crippen molar-refractivity contribution in [3.63, 3.8) is 0 Å². The van der Waals surface area contributed by atoms with E-state index in [-0.39, 0.29) is 5.91 Å². The number of nitrogens with zero attached hydrogens (tertiary/aromatic N) is 2. The third-order valence-corrected chi connectivity index (χ3v) is 5.27. The molecule has 1 N–H and O–H groups in total. The number of hydrogen-bond donors (Lipinski definition) is 1. The predicted molar refractivity (Wildman–Crippen MR) is 94.9 cm³/mol. The molecule has 2 fully saturated rings. The lowest BCUT2D eigenvalue weighted by molar-refractivity contribution is 0.0679. The maximum atomic E-state index is 13.1. The summed E-state index contributed by atoms with van der Waals surface area (Å²) in [6, 6.07) is 14.7. The van der Waals surface area contributed by atoms with Gasteiger partial charge in [-0.3, -0.25) is 9.78 Å². The molecule has 4 heteroatoms. The van der Waals surface area contributed by atoms with E-state index in [2.05, 4.69) is 10.2 Å². The highest BCUT2D eigenvalue weighted by Gasteiger charge is 2.38. The number of nitrogens with one attached hydrogen (secondary N) is 1. The molecule has 124 valence electrons. The molecule has 1 aromatic heterocycles.